The average molecular weight is 279 g/mol. The van der Waals surface area contributed by atoms with Crippen LogP contribution in [0.25, 0.3) is 0 Å². The van der Waals surface area contributed by atoms with Gasteiger partial charge < -0.3 is 10.6 Å². The summed E-state index contributed by atoms with van der Waals surface area (Å²) in [5, 5.41) is 4.31. The zero-order valence-corrected chi connectivity index (χ0v) is 13.3. The van der Waals surface area contributed by atoms with Crippen LogP contribution in [0.1, 0.15) is 31.4 Å². The third-order valence-corrected chi connectivity index (χ3v) is 4.45. The number of hydrogen-bond donors (Lipinski definition) is 1. The first kappa shape index (κ1) is 15.5. The largest absolute Gasteiger partial charge is 0.326 e. The third kappa shape index (κ3) is 3.59. The van der Waals surface area contributed by atoms with Gasteiger partial charge in [-0.05, 0) is 39.4 Å². The van der Waals surface area contributed by atoms with Crippen LogP contribution in [0.2, 0.25) is 0 Å². The number of aromatic nitrogens is 2. The van der Waals surface area contributed by atoms with E-state index in [1.807, 2.05) is 17.9 Å². The zero-order chi connectivity index (χ0) is 14.7. The first-order valence-electron chi connectivity index (χ1n) is 7.64. The third-order valence-electron chi connectivity index (χ3n) is 4.45. The Labute approximate surface area is 122 Å². The molecule has 114 valence electrons. The molecule has 5 nitrogen and oxygen atoms in total. The summed E-state index contributed by atoms with van der Waals surface area (Å²) in [6.07, 6.45) is 6.32. The van der Waals surface area contributed by atoms with Gasteiger partial charge >= 0.3 is 0 Å². The van der Waals surface area contributed by atoms with Gasteiger partial charge in [-0.15, -0.1) is 0 Å². The second kappa shape index (κ2) is 6.70. The molecule has 0 radical (unpaired) electrons. The minimum Gasteiger partial charge on any atom is -0.326 e. The summed E-state index contributed by atoms with van der Waals surface area (Å²) in [7, 11) is 6.37. The van der Waals surface area contributed by atoms with E-state index in [-0.39, 0.29) is 12.1 Å². The molecule has 0 bridgehead atoms. The molecule has 0 amide bonds. The molecule has 3 atom stereocenters. The van der Waals surface area contributed by atoms with Crippen molar-refractivity contribution in [3.05, 3.63) is 18.0 Å². The molecule has 0 spiro atoms. The molecule has 20 heavy (non-hydrogen) atoms. The molecule has 5 heteroatoms. The van der Waals surface area contributed by atoms with Crippen LogP contribution in [-0.4, -0.2) is 59.4 Å². The lowest BCUT2D eigenvalue weighted by Crippen LogP contribution is -2.41. The zero-order valence-electron chi connectivity index (χ0n) is 13.3. The summed E-state index contributed by atoms with van der Waals surface area (Å²) in [6, 6.07) is 0.419. The quantitative estimate of drug-likeness (QED) is 0.847. The number of nitrogens with zero attached hydrogens (tertiary/aromatic N) is 4. The van der Waals surface area contributed by atoms with E-state index in [2.05, 4.69) is 42.1 Å². The minimum absolute atomic E-state index is 0.156. The summed E-state index contributed by atoms with van der Waals surface area (Å²) >= 11 is 0. The Bertz CT molecular complexity index is 416. The molecule has 1 aromatic heterocycles. The smallest absolute Gasteiger partial charge is 0.0538 e. The average Bonchev–Trinajstić information content (AvgIpc) is 2.99. The van der Waals surface area contributed by atoms with E-state index in [1.54, 1.807) is 0 Å². The lowest BCUT2D eigenvalue weighted by molar-refractivity contribution is 0.180. The highest BCUT2D eigenvalue weighted by atomic mass is 15.3. The van der Waals surface area contributed by atoms with Crippen LogP contribution in [0.4, 0.5) is 0 Å². The minimum atomic E-state index is 0.156. The van der Waals surface area contributed by atoms with Gasteiger partial charge in [0, 0.05) is 37.9 Å². The van der Waals surface area contributed by atoms with Crippen molar-refractivity contribution in [2.75, 3.05) is 33.7 Å². The molecule has 2 rings (SSSR count). The predicted octanol–water partition coefficient (Wildman–Crippen LogP) is 1.08. The first-order valence-corrected chi connectivity index (χ1v) is 7.64. The van der Waals surface area contributed by atoms with E-state index in [0.717, 1.165) is 18.9 Å². The Morgan fingerprint density at radius 3 is 2.75 bits per heavy atom. The molecule has 1 aliphatic heterocycles. The van der Waals surface area contributed by atoms with Crippen molar-refractivity contribution in [1.82, 2.24) is 19.6 Å². The van der Waals surface area contributed by atoms with Crippen LogP contribution < -0.4 is 5.73 Å². The number of rotatable bonds is 6. The normalized spacial score (nSPS) is 23.4. The fourth-order valence-corrected chi connectivity index (χ4v) is 3.34. The second-order valence-electron chi connectivity index (χ2n) is 6.32. The fraction of sp³-hybridized carbons (Fsp3) is 0.800. The maximum atomic E-state index is 6.37. The highest BCUT2D eigenvalue weighted by Crippen LogP contribution is 2.26. The fourth-order valence-electron chi connectivity index (χ4n) is 3.34. The molecule has 1 aliphatic rings. The van der Waals surface area contributed by atoms with Crippen molar-refractivity contribution in [2.45, 2.75) is 31.8 Å². The molecular weight excluding hydrogens is 250 g/mol. The number of hydrogen-bond acceptors (Lipinski definition) is 4. The van der Waals surface area contributed by atoms with Gasteiger partial charge in [-0.1, -0.05) is 6.92 Å². The molecule has 1 fully saturated rings. The SMILES string of the molecule is CCC(N)C(c1cnn(C)c1)N(C)CC1CCN(C)C1. The number of likely N-dealkylation sites (N-methyl/N-ethyl adjacent to an activating group) is 1. The van der Waals surface area contributed by atoms with Crippen LogP contribution in [0, 0.1) is 5.92 Å². The molecule has 1 saturated heterocycles. The van der Waals surface area contributed by atoms with Crippen molar-refractivity contribution in [2.24, 2.45) is 18.7 Å². The molecule has 3 unspecified atom stereocenters. The summed E-state index contributed by atoms with van der Waals surface area (Å²) in [4.78, 5) is 4.84. The molecule has 1 aromatic rings. The molecule has 2 N–H and O–H groups in total. The van der Waals surface area contributed by atoms with Crippen molar-refractivity contribution in [3.63, 3.8) is 0 Å². The maximum Gasteiger partial charge on any atom is 0.0538 e. The Hall–Kier alpha value is -0.910. The van der Waals surface area contributed by atoms with E-state index in [1.165, 1.54) is 25.1 Å². The van der Waals surface area contributed by atoms with Crippen molar-refractivity contribution >= 4 is 0 Å². The Morgan fingerprint density at radius 1 is 1.50 bits per heavy atom. The van der Waals surface area contributed by atoms with Crippen LogP contribution in [-0.2, 0) is 7.05 Å². The number of likely N-dealkylation sites (tertiary alicyclic amines) is 1. The molecule has 0 saturated carbocycles. The lowest BCUT2D eigenvalue weighted by atomic mass is 9.98. The van der Waals surface area contributed by atoms with E-state index < -0.39 is 0 Å². The standard InChI is InChI=1S/C15H29N5/c1-5-14(16)15(13-8-17-20(4)11-13)19(3)10-12-6-7-18(2)9-12/h8,11-12,14-15H,5-7,9-10,16H2,1-4H3. The monoisotopic (exact) mass is 279 g/mol. The molecule has 0 aliphatic carbocycles. The van der Waals surface area contributed by atoms with Crippen molar-refractivity contribution < 1.29 is 0 Å². The molecule has 2 heterocycles. The van der Waals surface area contributed by atoms with Gasteiger partial charge in [0.15, 0.2) is 0 Å². The van der Waals surface area contributed by atoms with Gasteiger partial charge in [0.05, 0.1) is 12.2 Å². The van der Waals surface area contributed by atoms with Gasteiger partial charge in [-0.25, -0.2) is 0 Å². The van der Waals surface area contributed by atoms with E-state index in [9.17, 15) is 0 Å². The van der Waals surface area contributed by atoms with Crippen molar-refractivity contribution in [1.29, 1.82) is 0 Å². The van der Waals surface area contributed by atoms with Crippen LogP contribution in [0.3, 0.4) is 0 Å². The first-order chi connectivity index (χ1) is 9.51. The summed E-state index contributed by atoms with van der Waals surface area (Å²) < 4.78 is 1.86. The maximum absolute atomic E-state index is 6.37. The lowest BCUT2D eigenvalue weighted by Gasteiger charge is -2.33. The second-order valence-corrected chi connectivity index (χ2v) is 6.32. The van der Waals surface area contributed by atoms with E-state index in [0.29, 0.717) is 0 Å². The van der Waals surface area contributed by atoms with Crippen LogP contribution in [0.5, 0.6) is 0 Å². The van der Waals surface area contributed by atoms with Gasteiger partial charge in [0.1, 0.15) is 0 Å². The topological polar surface area (TPSA) is 50.3 Å². The van der Waals surface area contributed by atoms with Gasteiger partial charge in [0.2, 0.25) is 0 Å². The summed E-state index contributed by atoms with van der Waals surface area (Å²) in [5.41, 5.74) is 7.60. The Kier molecular flexibility index (Phi) is 5.18. The van der Waals surface area contributed by atoms with E-state index >= 15 is 0 Å². The van der Waals surface area contributed by atoms with Gasteiger partial charge in [-0.2, -0.15) is 5.10 Å². The van der Waals surface area contributed by atoms with E-state index in [4.69, 9.17) is 5.73 Å². The highest BCUT2D eigenvalue weighted by Gasteiger charge is 2.28. The van der Waals surface area contributed by atoms with Gasteiger partial charge in [-0.3, -0.25) is 9.58 Å². The van der Waals surface area contributed by atoms with Crippen molar-refractivity contribution in [3.8, 4) is 0 Å². The number of aryl methyl sites for hydroxylation is 1. The summed E-state index contributed by atoms with van der Waals surface area (Å²) in [6.45, 7) is 5.68. The van der Waals surface area contributed by atoms with Crippen LogP contribution >= 0.6 is 0 Å². The highest BCUT2D eigenvalue weighted by molar-refractivity contribution is 5.13. The molecule has 0 aromatic carbocycles. The Balaban J connectivity index is 2.06. The summed E-state index contributed by atoms with van der Waals surface area (Å²) in [5.74, 6) is 0.758. The predicted molar refractivity (Wildman–Crippen MR) is 82.4 cm³/mol. The van der Waals surface area contributed by atoms with Gasteiger partial charge in [0.25, 0.3) is 0 Å². The van der Waals surface area contributed by atoms with Crippen LogP contribution in [0.15, 0.2) is 12.4 Å². The molecular formula is C15H29N5. The Morgan fingerprint density at radius 2 is 2.25 bits per heavy atom. The number of nitrogens with two attached hydrogens (primary N) is 1.